The van der Waals surface area contributed by atoms with Crippen molar-refractivity contribution in [2.75, 3.05) is 59.8 Å². The fraction of sp³-hybridized carbons (Fsp3) is 0.520. The Balaban J connectivity index is 1.54. The number of rotatable bonds is 14. The third-order valence-corrected chi connectivity index (χ3v) is 7.71. The summed E-state index contributed by atoms with van der Waals surface area (Å²) in [5, 5.41) is 1.20. The molecule has 1 N–H and O–H groups in total. The molecule has 10 heteroatoms. The molecule has 0 bridgehead atoms. The lowest BCUT2D eigenvalue weighted by Gasteiger charge is -2.33. The summed E-state index contributed by atoms with van der Waals surface area (Å²) in [5.74, 6) is -0.0363. The largest absolute Gasteiger partial charge is 0.379 e. The Labute approximate surface area is 218 Å². The molecule has 0 saturated heterocycles. The van der Waals surface area contributed by atoms with E-state index in [0.717, 1.165) is 42.8 Å². The molecule has 3 rings (SSSR count). The van der Waals surface area contributed by atoms with Gasteiger partial charge < -0.3 is 19.1 Å². The second-order valence-electron chi connectivity index (χ2n) is 8.51. The Morgan fingerprint density at radius 1 is 1.00 bits per heavy atom. The lowest BCUT2D eigenvalue weighted by atomic mass is 9.85. The highest BCUT2D eigenvalue weighted by Gasteiger charge is 2.28. The maximum Gasteiger partial charge on any atom is 0.240 e. The molecule has 0 amide bonds. The van der Waals surface area contributed by atoms with Gasteiger partial charge in [-0.25, -0.2) is 13.1 Å². The Morgan fingerprint density at radius 3 is 2.40 bits per heavy atom. The van der Waals surface area contributed by atoms with Crippen molar-refractivity contribution in [2.24, 2.45) is 0 Å². The molecule has 1 aliphatic rings. The van der Waals surface area contributed by atoms with Gasteiger partial charge >= 0.3 is 0 Å². The lowest BCUT2D eigenvalue weighted by molar-refractivity contribution is 0.0158. The van der Waals surface area contributed by atoms with Gasteiger partial charge in [0.15, 0.2) is 0 Å². The molecule has 0 aromatic heterocycles. The number of benzene rings is 2. The van der Waals surface area contributed by atoms with Crippen LogP contribution in [0.1, 0.15) is 36.0 Å². The van der Waals surface area contributed by atoms with Crippen LogP contribution in [0.5, 0.6) is 0 Å². The van der Waals surface area contributed by atoms with Gasteiger partial charge in [-0.2, -0.15) is 0 Å². The fourth-order valence-electron chi connectivity index (χ4n) is 4.05. The van der Waals surface area contributed by atoms with Gasteiger partial charge in [0.25, 0.3) is 0 Å². The van der Waals surface area contributed by atoms with Crippen LogP contribution in [0.3, 0.4) is 0 Å². The third kappa shape index (κ3) is 8.40. The second-order valence-corrected chi connectivity index (χ2v) is 11.1. The molecule has 0 spiro atoms. The van der Waals surface area contributed by atoms with Crippen LogP contribution >= 0.6 is 23.2 Å². The molecule has 0 aliphatic carbocycles. The SMILES string of the molecule is CCCOCCOCCOCCNS(=O)(=O)c1cccc(C2CN(C)Cc3c(Cl)cc(Cl)cc32)c1. The van der Waals surface area contributed by atoms with E-state index >= 15 is 0 Å². The molecule has 2 aromatic rings. The standard InChI is InChI=1S/C25H34Cl2N2O5S/c1-3-8-32-10-12-34-13-11-33-9-7-28-35(30,31)21-6-4-5-19(14-21)23-17-29(2)18-24-22(23)15-20(26)16-25(24)27/h4-6,14-16,23,28H,3,7-13,17-18H2,1-2H3. The van der Waals surface area contributed by atoms with Crippen LogP contribution in [0.2, 0.25) is 10.0 Å². The molecule has 1 aliphatic heterocycles. The molecule has 0 fully saturated rings. The topological polar surface area (TPSA) is 77.1 Å². The van der Waals surface area contributed by atoms with Crippen LogP contribution in [0.25, 0.3) is 0 Å². The molecule has 1 heterocycles. The molecule has 35 heavy (non-hydrogen) atoms. The van der Waals surface area contributed by atoms with Gasteiger partial charge in [-0.15, -0.1) is 0 Å². The van der Waals surface area contributed by atoms with Crippen LogP contribution in [0.4, 0.5) is 0 Å². The summed E-state index contributed by atoms with van der Waals surface area (Å²) in [5.41, 5.74) is 2.96. The highest BCUT2D eigenvalue weighted by Crippen LogP contribution is 2.38. The number of fused-ring (bicyclic) bond motifs is 1. The van der Waals surface area contributed by atoms with Crippen molar-refractivity contribution >= 4 is 33.2 Å². The van der Waals surface area contributed by atoms with Gasteiger partial charge in [-0.05, 0) is 54.4 Å². The number of hydrogen-bond donors (Lipinski definition) is 1. The average Bonchev–Trinajstić information content (AvgIpc) is 2.82. The Hall–Kier alpha value is -1.23. The smallest absolute Gasteiger partial charge is 0.240 e. The summed E-state index contributed by atoms with van der Waals surface area (Å²) >= 11 is 12.7. The number of hydrogen-bond acceptors (Lipinski definition) is 6. The molecule has 2 aromatic carbocycles. The van der Waals surface area contributed by atoms with Crippen molar-refractivity contribution in [1.29, 1.82) is 0 Å². The number of nitrogens with zero attached hydrogens (tertiary/aromatic N) is 1. The van der Waals surface area contributed by atoms with Gasteiger partial charge in [-0.3, -0.25) is 0 Å². The fourth-order valence-corrected chi connectivity index (χ4v) is 5.68. The van der Waals surface area contributed by atoms with Crippen LogP contribution in [0, 0.1) is 0 Å². The number of ether oxygens (including phenoxy) is 3. The number of halogens is 2. The monoisotopic (exact) mass is 544 g/mol. The first-order valence-corrected chi connectivity index (χ1v) is 14.0. The molecular formula is C25H34Cl2N2O5S. The van der Waals surface area contributed by atoms with Crippen LogP contribution in [0.15, 0.2) is 41.3 Å². The predicted molar refractivity (Wildman–Crippen MR) is 139 cm³/mol. The molecule has 7 nitrogen and oxygen atoms in total. The van der Waals surface area contributed by atoms with Crippen molar-refractivity contribution in [1.82, 2.24) is 9.62 Å². The molecule has 0 saturated carbocycles. The summed E-state index contributed by atoms with van der Waals surface area (Å²) in [6.45, 7) is 6.60. The second kappa shape index (κ2) is 13.9. The molecular weight excluding hydrogens is 511 g/mol. The minimum absolute atomic E-state index is 0.0363. The van der Waals surface area contributed by atoms with Gasteiger partial charge in [0.05, 0.1) is 37.9 Å². The van der Waals surface area contributed by atoms with Crippen molar-refractivity contribution in [2.45, 2.75) is 30.7 Å². The first kappa shape index (κ1) is 28.3. The first-order chi connectivity index (χ1) is 16.8. The third-order valence-electron chi connectivity index (χ3n) is 5.69. The van der Waals surface area contributed by atoms with Crippen LogP contribution < -0.4 is 4.72 Å². The maximum absolute atomic E-state index is 12.9. The maximum atomic E-state index is 12.9. The van der Waals surface area contributed by atoms with Gasteiger partial charge in [-0.1, -0.05) is 42.3 Å². The van der Waals surface area contributed by atoms with Crippen molar-refractivity contribution in [3.05, 3.63) is 63.1 Å². The van der Waals surface area contributed by atoms with Crippen LogP contribution in [-0.2, 0) is 30.8 Å². The summed E-state index contributed by atoms with van der Waals surface area (Å²) in [7, 11) is -1.66. The van der Waals surface area contributed by atoms with E-state index in [4.69, 9.17) is 37.4 Å². The van der Waals surface area contributed by atoms with Crippen LogP contribution in [-0.4, -0.2) is 73.1 Å². The number of sulfonamides is 1. The zero-order valence-electron chi connectivity index (χ0n) is 20.3. The van der Waals surface area contributed by atoms with Gasteiger partial charge in [0, 0.05) is 42.2 Å². The zero-order valence-corrected chi connectivity index (χ0v) is 22.6. The Kier molecular flexibility index (Phi) is 11.3. The van der Waals surface area contributed by atoms with E-state index in [1.54, 1.807) is 24.3 Å². The van der Waals surface area contributed by atoms with E-state index in [9.17, 15) is 8.42 Å². The molecule has 0 radical (unpaired) electrons. The van der Waals surface area contributed by atoms with E-state index in [1.807, 2.05) is 19.2 Å². The highest BCUT2D eigenvalue weighted by atomic mass is 35.5. The zero-order chi connectivity index (χ0) is 25.3. The summed E-state index contributed by atoms with van der Waals surface area (Å²) in [4.78, 5) is 2.39. The highest BCUT2D eigenvalue weighted by molar-refractivity contribution is 7.89. The number of likely N-dealkylation sites (N-methyl/N-ethyl adjacent to an activating group) is 1. The lowest BCUT2D eigenvalue weighted by Crippen LogP contribution is -2.31. The van der Waals surface area contributed by atoms with E-state index in [2.05, 4.69) is 16.5 Å². The Morgan fingerprint density at radius 2 is 1.69 bits per heavy atom. The normalized spacial score (nSPS) is 16.4. The Bertz CT molecular complexity index is 1070. The summed E-state index contributed by atoms with van der Waals surface area (Å²) < 4.78 is 44.6. The van der Waals surface area contributed by atoms with E-state index in [0.29, 0.717) is 36.5 Å². The predicted octanol–water partition coefficient (Wildman–Crippen LogP) is 4.31. The molecule has 194 valence electrons. The van der Waals surface area contributed by atoms with Gasteiger partial charge in [0.1, 0.15) is 0 Å². The van der Waals surface area contributed by atoms with Gasteiger partial charge in [0.2, 0.25) is 10.0 Å². The first-order valence-electron chi connectivity index (χ1n) is 11.8. The van der Waals surface area contributed by atoms with E-state index < -0.39 is 10.0 Å². The number of nitrogens with one attached hydrogen (secondary N) is 1. The quantitative estimate of drug-likeness (QED) is 0.357. The summed E-state index contributed by atoms with van der Waals surface area (Å²) in [6.07, 6.45) is 0.985. The molecule has 1 unspecified atom stereocenters. The average molecular weight is 546 g/mol. The van der Waals surface area contributed by atoms with Crippen molar-refractivity contribution in [3.8, 4) is 0 Å². The summed E-state index contributed by atoms with van der Waals surface area (Å²) in [6, 6.07) is 10.7. The minimum atomic E-state index is -3.68. The minimum Gasteiger partial charge on any atom is -0.379 e. The van der Waals surface area contributed by atoms with E-state index in [1.165, 1.54) is 0 Å². The molecule has 1 atom stereocenters. The van der Waals surface area contributed by atoms with Crippen molar-refractivity contribution < 1.29 is 22.6 Å². The van der Waals surface area contributed by atoms with E-state index in [-0.39, 0.29) is 24.0 Å². The van der Waals surface area contributed by atoms with Crippen molar-refractivity contribution in [3.63, 3.8) is 0 Å².